The molecule has 1 fully saturated rings. The Morgan fingerprint density at radius 3 is 2.79 bits per heavy atom. The number of urea groups is 1. The van der Waals surface area contributed by atoms with Crippen LogP contribution in [0.2, 0.25) is 0 Å². The van der Waals surface area contributed by atoms with Gasteiger partial charge >= 0.3 is 6.03 Å². The van der Waals surface area contributed by atoms with E-state index in [0.717, 1.165) is 32.5 Å². The van der Waals surface area contributed by atoms with Gasteiger partial charge in [-0.2, -0.15) is 0 Å². The molecule has 1 aliphatic heterocycles. The lowest BCUT2D eigenvalue weighted by atomic mass is 10.1. The highest BCUT2D eigenvalue weighted by molar-refractivity contribution is 5.74. The minimum atomic E-state index is -0.237. The number of hydrogen-bond donors (Lipinski definition) is 1. The molecule has 0 atom stereocenters. The predicted molar refractivity (Wildman–Crippen MR) is 75.3 cm³/mol. The third-order valence-electron chi connectivity index (χ3n) is 3.10. The van der Waals surface area contributed by atoms with Gasteiger partial charge in [0.05, 0.1) is 18.8 Å². The zero-order valence-corrected chi connectivity index (χ0v) is 12.5. The van der Waals surface area contributed by atoms with Crippen LogP contribution in [0.3, 0.4) is 0 Å². The average molecular weight is 272 g/mol. The first-order valence-corrected chi connectivity index (χ1v) is 7.29. The van der Waals surface area contributed by atoms with E-state index in [1.807, 2.05) is 18.7 Å². The van der Waals surface area contributed by atoms with Gasteiger partial charge in [-0.25, -0.2) is 4.79 Å². The van der Waals surface area contributed by atoms with Crippen LogP contribution in [0.5, 0.6) is 0 Å². The molecule has 0 aromatic rings. The number of amides is 2. The lowest BCUT2D eigenvalue weighted by molar-refractivity contribution is -0.0733. The van der Waals surface area contributed by atoms with Gasteiger partial charge in [-0.3, -0.25) is 0 Å². The van der Waals surface area contributed by atoms with Gasteiger partial charge in [-0.1, -0.05) is 13.3 Å². The minimum Gasteiger partial charge on any atom is -0.381 e. The molecule has 0 saturated carbocycles. The van der Waals surface area contributed by atoms with E-state index in [2.05, 4.69) is 12.2 Å². The van der Waals surface area contributed by atoms with Crippen LogP contribution in [0.4, 0.5) is 4.79 Å². The molecule has 5 nitrogen and oxygen atoms in total. The number of rotatable bonds is 7. The summed E-state index contributed by atoms with van der Waals surface area (Å²) in [4.78, 5) is 13.8. The number of carbonyl (C=O) groups is 1. The molecule has 1 aliphatic rings. The molecular formula is C14H28N2O3. The van der Waals surface area contributed by atoms with Gasteiger partial charge in [0.15, 0.2) is 0 Å². The number of hydrogen-bond acceptors (Lipinski definition) is 3. The summed E-state index contributed by atoms with van der Waals surface area (Å²) >= 11 is 0. The van der Waals surface area contributed by atoms with Gasteiger partial charge in [0.2, 0.25) is 0 Å². The van der Waals surface area contributed by atoms with Crippen LogP contribution in [0, 0.1) is 0 Å². The van der Waals surface area contributed by atoms with E-state index in [1.54, 1.807) is 0 Å². The molecule has 0 spiro atoms. The third-order valence-corrected chi connectivity index (χ3v) is 3.10. The van der Waals surface area contributed by atoms with Crippen molar-refractivity contribution in [1.29, 1.82) is 0 Å². The van der Waals surface area contributed by atoms with Crippen molar-refractivity contribution in [2.75, 3.05) is 39.5 Å². The first kappa shape index (κ1) is 16.2. The summed E-state index contributed by atoms with van der Waals surface area (Å²) in [5.74, 6) is 0. The Kier molecular flexibility index (Phi) is 7.16. The third kappa shape index (κ3) is 6.78. The van der Waals surface area contributed by atoms with Gasteiger partial charge < -0.3 is 19.7 Å². The Bertz CT molecular complexity index is 269. The molecular weight excluding hydrogens is 244 g/mol. The molecule has 2 amide bonds. The standard InChI is InChI=1S/C14H28N2O3/c1-4-5-9-18-10-6-7-15-13(17)16-8-11-19-14(2,3)12-16/h4-12H2,1-3H3,(H,15,17). The Morgan fingerprint density at radius 1 is 1.37 bits per heavy atom. The fraction of sp³-hybridized carbons (Fsp3) is 0.929. The number of carbonyl (C=O) groups excluding carboxylic acids is 1. The van der Waals surface area contributed by atoms with Crippen LogP contribution in [-0.4, -0.2) is 56.0 Å². The number of morpholine rings is 1. The van der Waals surface area contributed by atoms with Crippen LogP contribution in [0.25, 0.3) is 0 Å². The maximum Gasteiger partial charge on any atom is 0.317 e. The second kappa shape index (κ2) is 8.38. The van der Waals surface area contributed by atoms with E-state index in [0.29, 0.717) is 26.2 Å². The quantitative estimate of drug-likeness (QED) is 0.721. The first-order chi connectivity index (χ1) is 9.05. The summed E-state index contributed by atoms with van der Waals surface area (Å²) in [7, 11) is 0. The van der Waals surface area contributed by atoms with Crippen LogP contribution in [0.15, 0.2) is 0 Å². The second-order valence-electron chi connectivity index (χ2n) is 5.58. The Morgan fingerprint density at radius 2 is 2.11 bits per heavy atom. The molecule has 0 bridgehead atoms. The van der Waals surface area contributed by atoms with Crippen molar-refractivity contribution in [2.45, 2.75) is 45.6 Å². The Labute approximate surface area is 116 Å². The van der Waals surface area contributed by atoms with Crippen LogP contribution in [0.1, 0.15) is 40.0 Å². The summed E-state index contributed by atoms with van der Waals surface area (Å²) < 4.78 is 11.0. The molecule has 1 heterocycles. The van der Waals surface area contributed by atoms with Crippen LogP contribution in [-0.2, 0) is 9.47 Å². The van der Waals surface area contributed by atoms with Crippen molar-refractivity contribution in [3.8, 4) is 0 Å². The average Bonchev–Trinajstić information content (AvgIpc) is 2.36. The van der Waals surface area contributed by atoms with Gasteiger partial charge in [0.1, 0.15) is 0 Å². The maximum absolute atomic E-state index is 11.9. The highest BCUT2D eigenvalue weighted by atomic mass is 16.5. The van der Waals surface area contributed by atoms with E-state index in [9.17, 15) is 4.79 Å². The van der Waals surface area contributed by atoms with E-state index in [-0.39, 0.29) is 11.6 Å². The van der Waals surface area contributed by atoms with E-state index in [4.69, 9.17) is 9.47 Å². The fourth-order valence-electron chi connectivity index (χ4n) is 2.02. The summed E-state index contributed by atoms with van der Waals surface area (Å²) in [6.07, 6.45) is 3.13. The zero-order chi connectivity index (χ0) is 14.1. The molecule has 1 saturated heterocycles. The van der Waals surface area contributed by atoms with Gasteiger partial charge in [-0.15, -0.1) is 0 Å². The molecule has 0 aromatic heterocycles. The van der Waals surface area contributed by atoms with Crippen LogP contribution < -0.4 is 5.32 Å². The van der Waals surface area contributed by atoms with Crippen molar-refractivity contribution < 1.29 is 14.3 Å². The minimum absolute atomic E-state index is 0.00457. The number of nitrogens with zero attached hydrogens (tertiary/aromatic N) is 1. The van der Waals surface area contributed by atoms with Crippen molar-refractivity contribution in [1.82, 2.24) is 10.2 Å². The molecule has 1 rings (SSSR count). The molecule has 0 aromatic carbocycles. The lowest BCUT2D eigenvalue weighted by Crippen LogP contribution is -2.53. The van der Waals surface area contributed by atoms with E-state index in [1.165, 1.54) is 0 Å². The van der Waals surface area contributed by atoms with Gasteiger partial charge in [0, 0.05) is 26.3 Å². The van der Waals surface area contributed by atoms with Crippen molar-refractivity contribution in [3.63, 3.8) is 0 Å². The molecule has 19 heavy (non-hydrogen) atoms. The topological polar surface area (TPSA) is 50.8 Å². The van der Waals surface area contributed by atoms with Gasteiger partial charge in [0.25, 0.3) is 0 Å². The maximum atomic E-state index is 11.9. The van der Waals surface area contributed by atoms with Crippen molar-refractivity contribution >= 4 is 6.03 Å². The van der Waals surface area contributed by atoms with Crippen molar-refractivity contribution in [3.05, 3.63) is 0 Å². The van der Waals surface area contributed by atoms with E-state index < -0.39 is 0 Å². The number of ether oxygens (including phenoxy) is 2. The van der Waals surface area contributed by atoms with Crippen molar-refractivity contribution in [2.24, 2.45) is 0 Å². The Hall–Kier alpha value is -0.810. The number of unbranched alkanes of at least 4 members (excludes halogenated alkanes) is 1. The van der Waals surface area contributed by atoms with Gasteiger partial charge in [-0.05, 0) is 26.7 Å². The molecule has 0 unspecified atom stereocenters. The molecule has 0 aliphatic carbocycles. The largest absolute Gasteiger partial charge is 0.381 e. The first-order valence-electron chi connectivity index (χ1n) is 7.29. The second-order valence-corrected chi connectivity index (χ2v) is 5.58. The predicted octanol–water partition coefficient (Wildman–Crippen LogP) is 2.01. The normalized spacial score (nSPS) is 18.4. The highest BCUT2D eigenvalue weighted by Gasteiger charge is 2.29. The molecule has 5 heteroatoms. The summed E-state index contributed by atoms with van der Waals surface area (Å²) in [5, 5.41) is 2.93. The zero-order valence-electron chi connectivity index (χ0n) is 12.5. The molecule has 1 N–H and O–H groups in total. The Balaban J connectivity index is 2.07. The molecule has 0 radical (unpaired) electrons. The summed E-state index contributed by atoms with van der Waals surface area (Å²) in [5.41, 5.74) is -0.237. The SMILES string of the molecule is CCCCOCCCNC(=O)N1CCOC(C)(C)C1. The smallest absolute Gasteiger partial charge is 0.317 e. The van der Waals surface area contributed by atoms with E-state index >= 15 is 0 Å². The lowest BCUT2D eigenvalue weighted by Gasteiger charge is -2.38. The molecule has 112 valence electrons. The van der Waals surface area contributed by atoms with Crippen LogP contribution >= 0.6 is 0 Å². The summed E-state index contributed by atoms with van der Waals surface area (Å²) in [6, 6.07) is 0.00457. The summed E-state index contributed by atoms with van der Waals surface area (Å²) in [6.45, 7) is 10.3. The monoisotopic (exact) mass is 272 g/mol. The highest BCUT2D eigenvalue weighted by Crippen LogP contribution is 2.16. The number of nitrogens with one attached hydrogen (secondary N) is 1. The fourth-order valence-corrected chi connectivity index (χ4v) is 2.02.